The maximum absolute atomic E-state index is 12.3. The molecule has 0 heterocycles. The van der Waals surface area contributed by atoms with Gasteiger partial charge in [-0.1, -0.05) is 11.6 Å². The highest BCUT2D eigenvalue weighted by Gasteiger charge is 2.13. The number of amides is 1. The average molecular weight is 286 g/mol. The van der Waals surface area contributed by atoms with Crippen LogP contribution in [0.1, 0.15) is 15.9 Å². The van der Waals surface area contributed by atoms with Gasteiger partial charge in [-0.3, -0.25) is 4.79 Å². The van der Waals surface area contributed by atoms with Crippen molar-refractivity contribution in [3.63, 3.8) is 0 Å². The van der Waals surface area contributed by atoms with E-state index in [1.54, 1.807) is 37.4 Å². The van der Waals surface area contributed by atoms with E-state index in [0.29, 0.717) is 28.4 Å². The zero-order valence-electron chi connectivity index (χ0n) is 12.3. The van der Waals surface area contributed by atoms with Gasteiger partial charge in [0.15, 0.2) is 0 Å². The van der Waals surface area contributed by atoms with E-state index in [9.17, 15) is 4.79 Å². The molecule has 5 nitrogen and oxygen atoms in total. The van der Waals surface area contributed by atoms with E-state index in [1.807, 2.05) is 13.0 Å². The fourth-order valence-electron chi connectivity index (χ4n) is 1.96. The number of hydrogen-bond donors (Lipinski definition) is 2. The Hall–Kier alpha value is -2.69. The van der Waals surface area contributed by atoms with Crippen molar-refractivity contribution in [2.24, 2.45) is 0 Å². The molecule has 0 fully saturated rings. The second kappa shape index (κ2) is 6.17. The van der Waals surface area contributed by atoms with Crippen molar-refractivity contribution in [1.29, 1.82) is 0 Å². The van der Waals surface area contributed by atoms with Crippen molar-refractivity contribution in [2.75, 3.05) is 25.3 Å². The lowest BCUT2D eigenvalue weighted by Crippen LogP contribution is -2.14. The van der Waals surface area contributed by atoms with Gasteiger partial charge in [-0.25, -0.2) is 0 Å². The van der Waals surface area contributed by atoms with Crippen LogP contribution in [0.3, 0.4) is 0 Å². The van der Waals surface area contributed by atoms with Crippen molar-refractivity contribution in [3.05, 3.63) is 47.5 Å². The molecule has 0 atom stereocenters. The molecule has 3 N–H and O–H groups in total. The largest absolute Gasteiger partial charge is 0.497 e. The number of carbonyl (C=O) groups excluding carboxylic acids is 1. The van der Waals surface area contributed by atoms with Crippen LogP contribution in [0.15, 0.2) is 36.4 Å². The van der Waals surface area contributed by atoms with Gasteiger partial charge in [0.05, 0.1) is 25.5 Å². The molecule has 2 aromatic rings. The van der Waals surface area contributed by atoms with Crippen LogP contribution in [0.5, 0.6) is 11.5 Å². The highest BCUT2D eigenvalue weighted by Crippen LogP contribution is 2.29. The van der Waals surface area contributed by atoms with Crippen LogP contribution in [0.4, 0.5) is 11.4 Å². The van der Waals surface area contributed by atoms with Crippen molar-refractivity contribution in [1.82, 2.24) is 0 Å². The van der Waals surface area contributed by atoms with Gasteiger partial charge in [0.2, 0.25) is 0 Å². The molecule has 5 heteroatoms. The molecule has 1 amide bonds. The minimum absolute atomic E-state index is 0.278. The smallest absolute Gasteiger partial charge is 0.257 e. The Bertz CT molecular complexity index is 669. The molecule has 21 heavy (non-hydrogen) atoms. The number of hydrogen-bond acceptors (Lipinski definition) is 4. The fraction of sp³-hybridized carbons (Fsp3) is 0.188. The van der Waals surface area contributed by atoms with Crippen LogP contribution in [0, 0.1) is 6.92 Å². The van der Waals surface area contributed by atoms with Crippen LogP contribution in [0.2, 0.25) is 0 Å². The van der Waals surface area contributed by atoms with E-state index < -0.39 is 0 Å². The Labute approximate surface area is 123 Å². The first-order chi connectivity index (χ1) is 10.0. The van der Waals surface area contributed by atoms with Crippen LogP contribution >= 0.6 is 0 Å². The monoisotopic (exact) mass is 286 g/mol. The maximum Gasteiger partial charge on any atom is 0.257 e. The number of ether oxygens (including phenoxy) is 2. The summed E-state index contributed by atoms with van der Waals surface area (Å²) in [6.45, 7) is 1.91. The van der Waals surface area contributed by atoms with Crippen LogP contribution in [-0.4, -0.2) is 20.1 Å². The molecule has 110 valence electrons. The molecule has 0 saturated heterocycles. The highest BCUT2D eigenvalue weighted by atomic mass is 16.5. The van der Waals surface area contributed by atoms with Gasteiger partial charge in [-0.15, -0.1) is 0 Å². The molecule has 0 spiro atoms. The van der Waals surface area contributed by atoms with Gasteiger partial charge in [0.1, 0.15) is 11.5 Å². The third kappa shape index (κ3) is 3.25. The lowest BCUT2D eigenvalue weighted by atomic mass is 10.1. The zero-order valence-corrected chi connectivity index (χ0v) is 12.3. The number of carbonyl (C=O) groups is 1. The molecule has 2 rings (SSSR count). The third-order valence-corrected chi connectivity index (χ3v) is 3.11. The normalized spacial score (nSPS) is 10.0. The van der Waals surface area contributed by atoms with Gasteiger partial charge >= 0.3 is 0 Å². The highest BCUT2D eigenvalue weighted by molar-refractivity contribution is 6.08. The molecular formula is C16H18N2O3. The first kappa shape index (κ1) is 14.7. The molecule has 0 aliphatic carbocycles. The molecule has 0 aliphatic rings. The molecule has 0 radical (unpaired) electrons. The summed E-state index contributed by atoms with van der Waals surface area (Å²) in [4.78, 5) is 12.3. The van der Waals surface area contributed by atoms with Gasteiger partial charge < -0.3 is 20.5 Å². The Morgan fingerprint density at radius 1 is 1.10 bits per heavy atom. The van der Waals surface area contributed by atoms with Gasteiger partial charge in [0.25, 0.3) is 5.91 Å². The number of nitrogens with one attached hydrogen (secondary N) is 1. The summed E-state index contributed by atoms with van der Waals surface area (Å²) < 4.78 is 10.4. The number of methoxy groups -OCH3 is 2. The number of nitrogens with two attached hydrogens (primary N) is 1. The Kier molecular flexibility index (Phi) is 4.33. The molecule has 0 saturated carbocycles. The van der Waals surface area contributed by atoms with E-state index in [1.165, 1.54) is 7.11 Å². The zero-order chi connectivity index (χ0) is 15.4. The maximum atomic E-state index is 12.3. The quantitative estimate of drug-likeness (QED) is 0.848. The number of aryl methyl sites for hydroxylation is 1. The predicted molar refractivity (Wildman–Crippen MR) is 83.1 cm³/mol. The summed E-state index contributed by atoms with van der Waals surface area (Å²) in [6, 6.07) is 10.5. The van der Waals surface area contributed by atoms with Crippen molar-refractivity contribution in [2.45, 2.75) is 6.92 Å². The number of anilines is 2. The summed E-state index contributed by atoms with van der Waals surface area (Å²) in [5, 5.41) is 2.80. The van der Waals surface area contributed by atoms with E-state index in [0.717, 1.165) is 5.56 Å². The standard InChI is InChI=1S/C16H18N2O3/c1-10-4-6-13(17)12(8-10)16(19)18-14-7-5-11(20-2)9-15(14)21-3/h4-9H,17H2,1-3H3,(H,18,19). The minimum Gasteiger partial charge on any atom is -0.497 e. The Morgan fingerprint density at radius 3 is 2.52 bits per heavy atom. The predicted octanol–water partition coefficient (Wildman–Crippen LogP) is 2.85. The lowest BCUT2D eigenvalue weighted by Gasteiger charge is -2.12. The second-order valence-corrected chi connectivity index (χ2v) is 4.61. The first-order valence-corrected chi connectivity index (χ1v) is 6.44. The van der Waals surface area contributed by atoms with Gasteiger partial charge in [-0.2, -0.15) is 0 Å². The van der Waals surface area contributed by atoms with Gasteiger partial charge in [-0.05, 0) is 31.2 Å². The summed E-state index contributed by atoms with van der Waals surface area (Å²) in [6.07, 6.45) is 0. The topological polar surface area (TPSA) is 73.6 Å². The molecular weight excluding hydrogens is 268 g/mol. The Balaban J connectivity index is 2.29. The molecule has 0 bridgehead atoms. The van der Waals surface area contributed by atoms with Crippen LogP contribution in [-0.2, 0) is 0 Å². The second-order valence-electron chi connectivity index (χ2n) is 4.61. The first-order valence-electron chi connectivity index (χ1n) is 6.44. The van der Waals surface area contributed by atoms with Crippen LogP contribution in [0.25, 0.3) is 0 Å². The number of rotatable bonds is 4. The summed E-state index contributed by atoms with van der Waals surface area (Å²) in [7, 11) is 3.10. The minimum atomic E-state index is -0.278. The van der Waals surface area contributed by atoms with Crippen molar-refractivity contribution >= 4 is 17.3 Å². The number of benzene rings is 2. The van der Waals surface area contributed by atoms with Crippen LogP contribution < -0.4 is 20.5 Å². The molecule has 0 aromatic heterocycles. The van der Waals surface area contributed by atoms with E-state index in [-0.39, 0.29) is 5.91 Å². The van der Waals surface area contributed by atoms with Gasteiger partial charge in [0, 0.05) is 11.8 Å². The third-order valence-electron chi connectivity index (χ3n) is 3.11. The van der Waals surface area contributed by atoms with E-state index in [2.05, 4.69) is 5.32 Å². The summed E-state index contributed by atoms with van der Waals surface area (Å²) >= 11 is 0. The fourth-order valence-corrected chi connectivity index (χ4v) is 1.96. The lowest BCUT2D eigenvalue weighted by molar-refractivity contribution is 0.102. The summed E-state index contributed by atoms with van der Waals surface area (Å²) in [5.74, 6) is 0.897. The Morgan fingerprint density at radius 2 is 1.86 bits per heavy atom. The van der Waals surface area contributed by atoms with Crippen molar-refractivity contribution in [3.8, 4) is 11.5 Å². The van der Waals surface area contributed by atoms with E-state index in [4.69, 9.17) is 15.2 Å². The van der Waals surface area contributed by atoms with Crippen molar-refractivity contribution < 1.29 is 14.3 Å². The summed E-state index contributed by atoms with van der Waals surface area (Å²) in [5.41, 5.74) is 8.25. The number of nitrogen functional groups attached to an aromatic ring is 1. The molecule has 0 unspecified atom stereocenters. The average Bonchev–Trinajstić information content (AvgIpc) is 2.49. The SMILES string of the molecule is COc1ccc(NC(=O)c2cc(C)ccc2N)c(OC)c1. The molecule has 2 aromatic carbocycles. The van der Waals surface area contributed by atoms with E-state index >= 15 is 0 Å². The molecule has 0 aliphatic heterocycles.